The van der Waals surface area contributed by atoms with Crippen molar-refractivity contribution in [3.8, 4) is 11.5 Å². The molecule has 0 bridgehead atoms. The maximum Gasteiger partial charge on any atom is 0.339 e. The van der Waals surface area contributed by atoms with E-state index in [-0.39, 0.29) is 35.1 Å². The van der Waals surface area contributed by atoms with Crippen LogP contribution in [-0.2, 0) is 12.8 Å². The number of aliphatic hydroxyl groups excluding tert-OH is 2. The van der Waals surface area contributed by atoms with E-state index >= 15 is 0 Å². The third kappa shape index (κ3) is 6.67. The first-order valence-corrected chi connectivity index (χ1v) is 10.3. The molecule has 160 valence electrons. The van der Waals surface area contributed by atoms with Gasteiger partial charge < -0.3 is 25.5 Å². The van der Waals surface area contributed by atoms with Crippen molar-refractivity contribution in [1.29, 1.82) is 0 Å². The van der Waals surface area contributed by atoms with E-state index in [2.05, 4.69) is 0 Å². The summed E-state index contributed by atoms with van der Waals surface area (Å²) in [4.78, 5) is 11.7. The standard InChI is InChI=1S/C22H36O6/c1-5-6-7-8-15-11-19(25)16(21(26)20(15)22(27)28)12-18(24)14(4)9-10-17(23)13(2)3/h11,13-14,17-18,23-26H,5-10,12H2,1-4H3,(H,27,28). The number of hydrogen-bond acceptors (Lipinski definition) is 5. The van der Waals surface area contributed by atoms with Gasteiger partial charge in [0.1, 0.15) is 17.1 Å². The Morgan fingerprint density at radius 2 is 1.68 bits per heavy atom. The summed E-state index contributed by atoms with van der Waals surface area (Å²) in [6.45, 7) is 7.73. The van der Waals surface area contributed by atoms with Gasteiger partial charge >= 0.3 is 5.97 Å². The first kappa shape index (κ1) is 24.2. The maximum atomic E-state index is 11.7. The molecule has 1 aromatic rings. The lowest BCUT2D eigenvalue weighted by Gasteiger charge is -2.23. The van der Waals surface area contributed by atoms with Crippen molar-refractivity contribution in [2.75, 3.05) is 0 Å². The van der Waals surface area contributed by atoms with Crippen molar-refractivity contribution in [3.05, 3.63) is 22.8 Å². The first-order valence-electron chi connectivity index (χ1n) is 10.3. The highest BCUT2D eigenvalue weighted by molar-refractivity contribution is 5.93. The highest BCUT2D eigenvalue weighted by Gasteiger charge is 2.25. The number of carboxylic acid groups (broad SMARTS) is 1. The Morgan fingerprint density at radius 1 is 1.04 bits per heavy atom. The van der Waals surface area contributed by atoms with Crippen LogP contribution >= 0.6 is 0 Å². The number of aryl methyl sites for hydroxylation is 1. The average Bonchev–Trinajstić information content (AvgIpc) is 2.62. The van der Waals surface area contributed by atoms with Gasteiger partial charge in [-0.2, -0.15) is 0 Å². The summed E-state index contributed by atoms with van der Waals surface area (Å²) >= 11 is 0. The Labute approximate surface area is 167 Å². The second kappa shape index (κ2) is 11.3. The largest absolute Gasteiger partial charge is 0.508 e. The Morgan fingerprint density at radius 3 is 2.21 bits per heavy atom. The molecule has 0 spiro atoms. The van der Waals surface area contributed by atoms with Gasteiger partial charge in [0.2, 0.25) is 0 Å². The number of carboxylic acids is 1. The van der Waals surface area contributed by atoms with Crippen LogP contribution in [0.4, 0.5) is 0 Å². The molecule has 6 nitrogen and oxygen atoms in total. The van der Waals surface area contributed by atoms with Crippen LogP contribution in [0.3, 0.4) is 0 Å². The zero-order chi connectivity index (χ0) is 21.4. The molecule has 5 N–H and O–H groups in total. The molecule has 0 radical (unpaired) electrons. The Kier molecular flexibility index (Phi) is 9.76. The van der Waals surface area contributed by atoms with E-state index in [1.54, 1.807) is 0 Å². The zero-order valence-corrected chi connectivity index (χ0v) is 17.5. The van der Waals surface area contributed by atoms with Gasteiger partial charge in [-0.25, -0.2) is 4.79 Å². The molecule has 0 aliphatic heterocycles. The summed E-state index contributed by atoms with van der Waals surface area (Å²) in [7, 11) is 0. The van der Waals surface area contributed by atoms with Crippen LogP contribution in [0, 0.1) is 11.8 Å². The van der Waals surface area contributed by atoms with Gasteiger partial charge in [0.05, 0.1) is 12.2 Å². The molecule has 1 rings (SSSR count). The van der Waals surface area contributed by atoms with Crippen molar-refractivity contribution in [1.82, 2.24) is 0 Å². The molecule has 0 fully saturated rings. The normalized spacial score (nSPS) is 14.8. The molecule has 3 atom stereocenters. The van der Waals surface area contributed by atoms with E-state index < -0.39 is 23.9 Å². The molecule has 0 saturated carbocycles. The molecule has 1 aromatic carbocycles. The number of aromatic hydroxyl groups is 2. The fraction of sp³-hybridized carbons (Fsp3) is 0.682. The predicted molar refractivity (Wildman–Crippen MR) is 109 cm³/mol. The van der Waals surface area contributed by atoms with Crippen LogP contribution in [0.1, 0.15) is 81.3 Å². The van der Waals surface area contributed by atoms with Crippen LogP contribution < -0.4 is 0 Å². The van der Waals surface area contributed by atoms with Crippen LogP contribution in [0.2, 0.25) is 0 Å². The minimum atomic E-state index is -1.24. The number of benzene rings is 1. The van der Waals surface area contributed by atoms with E-state index in [0.29, 0.717) is 24.8 Å². The van der Waals surface area contributed by atoms with Gasteiger partial charge in [0.15, 0.2) is 0 Å². The van der Waals surface area contributed by atoms with Crippen LogP contribution in [0.15, 0.2) is 6.07 Å². The highest BCUT2D eigenvalue weighted by Crippen LogP contribution is 2.36. The molecule has 28 heavy (non-hydrogen) atoms. The number of aliphatic hydroxyl groups is 2. The molecular formula is C22H36O6. The van der Waals surface area contributed by atoms with E-state index in [4.69, 9.17) is 0 Å². The number of phenols is 2. The molecule has 0 aliphatic carbocycles. The molecule has 3 unspecified atom stereocenters. The van der Waals surface area contributed by atoms with E-state index in [1.165, 1.54) is 6.07 Å². The maximum absolute atomic E-state index is 11.7. The van der Waals surface area contributed by atoms with E-state index in [1.807, 2.05) is 27.7 Å². The Hall–Kier alpha value is -1.79. The summed E-state index contributed by atoms with van der Waals surface area (Å²) in [6.07, 6.45) is 2.91. The molecule has 0 saturated heterocycles. The molecule has 0 aromatic heterocycles. The zero-order valence-electron chi connectivity index (χ0n) is 17.5. The summed E-state index contributed by atoms with van der Waals surface area (Å²) in [5.74, 6) is -1.94. The second-order valence-electron chi connectivity index (χ2n) is 8.16. The first-order chi connectivity index (χ1) is 13.1. The fourth-order valence-electron chi connectivity index (χ4n) is 3.32. The Bertz CT molecular complexity index is 640. The third-order valence-corrected chi connectivity index (χ3v) is 5.48. The van der Waals surface area contributed by atoms with Gasteiger partial charge in [-0.05, 0) is 49.1 Å². The van der Waals surface area contributed by atoms with E-state index in [9.17, 15) is 30.3 Å². The summed E-state index contributed by atoms with van der Waals surface area (Å²) in [5.41, 5.74) is 0.265. The van der Waals surface area contributed by atoms with Gasteiger partial charge in [-0.15, -0.1) is 0 Å². The lowest BCUT2D eigenvalue weighted by Crippen LogP contribution is -2.23. The number of aromatic carboxylic acids is 1. The van der Waals surface area contributed by atoms with Crippen molar-refractivity contribution in [2.45, 2.75) is 84.8 Å². The predicted octanol–water partition coefficient (Wildman–Crippen LogP) is 3.87. The van der Waals surface area contributed by atoms with Gasteiger partial charge in [-0.3, -0.25) is 0 Å². The van der Waals surface area contributed by atoms with Crippen LogP contribution in [0.25, 0.3) is 0 Å². The fourth-order valence-corrected chi connectivity index (χ4v) is 3.32. The van der Waals surface area contributed by atoms with Crippen molar-refractivity contribution in [3.63, 3.8) is 0 Å². The molecule has 0 aliphatic rings. The molecule has 6 heteroatoms. The summed E-state index contributed by atoms with van der Waals surface area (Å²) in [5, 5.41) is 50.8. The van der Waals surface area contributed by atoms with Crippen LogP contribution in [-0.4, -0.2) is 43.7 Å². The number of hydrogen-bond donors (Lipinski definition) is 5. The minimum Gasteiger partial charge on any atom is -0.508 e. The minimum absolute atomic E-state index is 0.0495. The average molecular weight is 397 g/mol. The number of phenolic OH excluding ortho intramolecular Hbond substituents is 1. The third-order valence-electron chi connectivity index (χ3n) is 5.48. The van der Waals surface area contributed by atoms with Crippen molar-refractivity contribution < 1.29 is 30.3 Å². The van der Waals surface area contributed by atoms with Crippen molar-refractivity contribution >= 4 is 5.97 Å². The lowest BCUT2D eigenvalue weighted by molar-refractivity contribution is 0.0688. The second-order valence-corrected chi connectivity index (χ2v) is 8.16. The quantitative estimate of drug-likeness (QED) is 0.342. The molecular weight excluding hydrogens is 360 g/mol. The lowest BCUT2D eigenvalue weighted by atomic mass is 9.88. The van der Waals surface area contributed by atoms with E-state index in [0.717, 1.165) is 19.3 Å². The van der Waals surface area contributed by atoms with Crippen LogP contribution in [0.5, 0.6) is 11.5 Å². The summed E-state index contributed by atoms with van der Waals surface area (Å²) in [6, 6.07) is 1.40. The van der Waals surface area contributed by atoms with Gasteiger partial charge in [-0.1, -0.05) is 40.5 Å². The SMILES string of the molecule is CCCCCc1cc(O)c(CC(O)C(C)CCC(O)C(C)C)c(O)c1C(=O)O. The molecule has 0 amide bonds. The topological polar surface area (TPSA) is 118 Å². The smallest absolute Gasteiger partial charge is 0.339 e. The monoisotopic (exact) mass is 396 g/mol. The Balaban J connectivity index is 2.98. The number of unbranched alkanes of at least 4 members (excludes halogenated alkanes) is 2. The summed E-state index contributed by atoms with van der Waals surface area (Å²) < 4.78 is 0. The van der Waals surface area contributed by atoms with Gasteiger partial charge in [0.25, 0.3) is 0 Å². The number of rotatable bonds is 12. The van der Waals surface area contributed by atoms with Gasteiger partial charge in [0, 0.05) is 12.0 Å². The van der Waals surface area contributed by atoms with Crippen molar-refractivity contribution in [2.24, 2.45) is 11.8 Å². The number of carbonyl (C=O) groups is 1. The molecule has 0 heterocycles. The highest BCUT2D eigenvalue weighted by atomic mass is 16.4.